The summed E-state index contributed by atoms with van der Waals surface area (Å²) in [7, 11) is 6.78. The highest BCUT2D eigenvalue weighted by Gasteiger charge is 2.63. The number of nitrogens with zero attached hydrogens (tertiary/aromatic N) is 2. The van der Waals surface area contributed by atoms with Crippen LogP contribution in [0, 0.1) is 11.8 Å². The van der Waals surface area contributed by atoms with Gasteiger partial charge in [0.15, 0.2) is 11.4 Å². The molecule has 0 saturated carbocycles. The number of rotatable bonds is 4. The maximum Gasteiger partial charge on any atom is 0.255 e. The Balaban J connectivity index is 1.76. The van der Waals surface area contributed by atoms with Crippen LogP contribution in [0.15, 0.2) is 51.7 Å². The molecule has 0 aliphatic heterocycles. The van der Waals surface area contributed by atoms with Gasteiger partial charge in [0.25, 0.3) is 5.91 Å². The zero-order chi connectivity index (χ0) is 27.8. The smallest absolute Gasteiger partial charge is 0.255 e. The molecule has 11 heteroatoms. The molecule has 4 atom stereocenters. The second-order valence-electron chi connectivity index (χ2n) is 10.5. The molecule has 3 aliphatic carbocycles. The van der Waals surface area contributed by atoms with Gasteiger partial charge in [-0.05, 0) is 50.6 Å². The van der Waals surface area contributed by atoms with Crippen LogP contribution in [0.5, 0.6) is 5.75 Å². The van der Waals surface area contributed by atoms with E-state index in [0.717, 1.165) is 0 Å². The number of hydrogen-bond acceptors (Lipinski definition) is 10. The van der Waals surface area contributed by atoms with E-state index >= 15 is 0 Å². The fourth-order valence-electron chi connectivity index (χ4n) is 6.34. The van der Waals surface area contributed by atoms with Crippen molar-refractivity contribution in [2.24, 2.45) is 17.6 Å². The van der Waals surface area contributed by atoms with Crippen LogP contribution < -0.4 is 10.6 Å². The van der Waals surface area contributed by atoms with Crippen LogP contribution >= 0.6 is 0 Å². The van der Waals surface area contributed by atoms with E-state index in [9.17, 15) is 34.8 Å². The first-order chi connectivity index (χ1) is 17.8. The molecule has 5 rings (SSSR count). The van der Waals surface area contributed by atoms with Crippen molar-refractivity contribution in [2.75, 3.05) is 33.1 Å². The highest BCUT2D eigenvalue weighted by molar-refractivity contribution is 6.25. The molecule has 0 saturated heterocycles. The molecular weight excluding hydrogens is 494 g/mol. The third-order valence-electron chi connectivity index (χ3n) is 8.01. The summed E-state index contributed by atoms with van der Waals surface area (Å²) in [6, 6.07) is 2.35. The Morgan fingerprint density at radius 1 is 1.16 bits per heavy atom. The SMILES string of the molecule is CN(C)c1cc(-c2ccoc2)c(O)c2c1C[C@H]1C[C@H]3[C@H](N(C)C)C(O)=C(C(N)=O)C(=O)[C@@]3(O)C(O)=C1C2=O. The summed E-state index contributed by atoms with van der Waals surface area (Å²) in [5, 5.41) is 45.3. The molecule has 3 aliphatic rings. The molecule has 0 fully saturated rings. The molecule has 1 amide bonds. The minimum Gasteiger partial charge on any atom is -0.510 e. The van der Waals surface area contributed by atoms with Crippen molar-refractivity contribution >= 4 is 23.2 Å². The molecule has 1 aromatic heterocycles. The zero-order valence-corrected chi connectivity index (χ0v) is 21.3. The van der Waals surface area contributed by atoms with Gasteiger partial charge in [-0.2, -0.15) is 0 Å². The summed E-state index contributed by atoms with van der Waals surface area (Å²) in [5.41, 5.74) is 3.71. The third-order valence-corrected chi connectivity index (χ3v) is 8.01. The summed E-state index contributed by atoms with van der Waals surface area (Å²) in [4.78, 5) is 42.8. The molecule has 0 bridgehead atoms. The number of carbonyl (C=O) groups is 3. The molecular formula is C27H29N3O8. The number of allylic oxidation sites excluding steroid dienone is 1. The van der Waals surface area contributed by atoms with E-state index in [4.69, 9.17) is 10.2 Å². The number of Topliss-reactive ketones (excluding diaryl/α,β-unsaturated/α-hetero) is 2. The number of hydrogen-bond donors (Lipinski definition) is 5. The van der Waals surface area contributed by atoms with E-state index in [0.29, 0.717) is 22.4 Å². The second-order valence-corrected chi connectivity index (χ2v) is 10.5. The number of likely N-dealkylation sites (N-methyl/N-ethyl adjacent to an activating group) is 1. The Morgan fingerprint density at radius 2 is 1.84 bits per heavy atom. The second kappa shape index (κ2) is 8.47. The van der Waals surface area contributed by atoms with Crippen LogP contribution in [0.3, 0.4) is 0 Å². The van der Waals surface area contributed by atoms with Gasteiger partial charge >= 0.3 is 0 Å². The van der Waals surface area contributed by atoms with Gasteiger partial charge in [0, 0.05) is 42.4 Å². The van der Waals surface area contributed by atoms with Gasteiger partial charge in [0.1, 0.15) is 22.8 Å². The number of primary amides is 1. The van der Waals surface area contributed by atoms with Crippen molar-refractivity contribution in [3.05, 3.63) is 58.5 Å². The number of furan rings is 1. The lowest BCUT2D eigenvalue weighted by atomic mass is 9.58. The minimum absolute atomic E-state index is 0.0306. The van der Waals surface area contributed by atoms with E-state index in [1.165, 1.54) is 17.4 Å². The number of ketones is 2. The fourth-order valence-corrected chi connectivity index (χ4v) is 6.34. The maximum absolute atomic E-state index is 14.0. The number of phenolic OH excluding ortho intramolecular Hbond substituents is 1. The van der Waals surface area contributed by atoms with Crippen LogP contribution in [0.2, 0.25) is 0 Å². The normalized spacial score (nSPS) is 26.8. The Hall–Kier alpha value is -4.09. The highest BCUT2D eigenvalue weighted by atomic mass is 16.3. The average molecular weight is 524 g/mol. The largest absolute Gasteiger partial charge is 0.510 e. The molecule has 200 valence electrons. The van der Waals surface area contributed by atoms with Gasteiger partial charge in [0.2, 0.25) is 5.78 Å². The van der Waals surface area contributed by atoms with Crippen molar-refractivity contribution < 1.29 is 39.2 Å². The van der Waals surface area contributed by atoms with Gasteiger partial charge in [0.05, 0.1) is 24.1 Å². The number of amides is 1. The van der Waals surface area contributed by atoms with Crippen molar-refractivity contribution in [3.63, 3.8) is 0 Å². The molecule has 0 spiro atoms. The van der Waals surface area contributed by atoms with Crippen molar-refractivity contribution in [1.82, 2.24) is 4.90 Å². The van der Waals surface area contributed by atoms with Gasteiger partial charge in [-0.3, -0.25) is 19.3 Å². The Kier molecular flexibility index (Phi) is 5.69. The minimum atomic E-state index is -2.67. The van der Waals surface area contributed by atoms with E-state index in [-0.39, 0.29) is 29.7 Å². The third kappa shape index (κ3) is 3.25. The summed E-state index contributed by atoms with van der Waals surface area (Å²) < 4.78 is 5.15. The van der Waals surface area contributed by atoms with E-state index in [1.807, 2.05) is 4.90 Å². The lowest BCUT2D eigenvalue weighted by Gasteiger charge is -2.50. The highest BCUT2D eigenvalue weighted by Crippen LogP contribution is 2.54. The van der Waals surface area contributed by atoms with Gasteiger partial charge < -0.3 is 35.5 Å². The quantitative estimate of drug-likeness (QED) is 0.368. The number of carbonyl (C=O) groups excluding carboxylic acids is 3. The topological polar surface area (TPSA) is 178 Å². The predicted molar refractivity (Wildman–Crippen MR) is 136 cm³/mol. The fraction of sp³-hybridized carbons (Fsp3) is 0.370. The van der Waals surface area contributed by atoms with E-state index < -0.39 is 58.0 Å². The first-order valence-corrected chi connectivity index (χ1v) is 12.1. The van der Waals surface area contributed by atoms with Gasteiger partial charge in [-0.15, -0.1) is 0 Å². The first-order valence-electron chi connectivity index (χ1n) is 12.1. The number of aliphatic hydroxyl groups is 3. The van der Waals surface area contributed by atoms with Crippen molar-refractivity contribution in [2.45, 2.75) is 24.5 Å². The number of fused-ring (bicyclic) bond motifs is 3. The van der Waals surface area contributed by atoms with Crippen LogP contribution in [0.1, 0.15) is 22.3 Å². The predicted octanol–water partition coefficient (Wildman–Crippen LogP) is 1.45. The molecule has 0 radical (unpaired) electrons. The summed E-state index contributed by atoms with van der Waals surface area (Å²) in [5.74, 6) is -6.78. The molecule has 11 nitrogen and oxygen atoms in total. The van der Waals surface area contributed by atoms with E-state index in [2.05, 4.69) is 0 Å². The van der Waals surface area contributed by atoms with Crippen molar-refractivity contribution in [3.8, 4) is 16.9 Å². The number of phenols is 1. The monoisotopic (exact) mass is 523 g/mol. The van der Waals surface area contributed by atoms with Crippen LogP contribution in [0.4, 0.5) is 5.69 Å². The average Bonchev–Trinajstić information content (AvgIpc) is 3.35. The number of nitrogens with two attached hydrogens (primary N) is 1. The van der Waals surface area contributed by atoms with E-state index in [1.54, 1.807) is 40.3 Å². The molecule has 1 aromatic carbocycles. The van der Waals surface area contributed by atoms with Crippen molar-refractivity contribution in [1.29, 1.82) is 0 Å². The standard InChI is InChI=1S/C27H29N3O8/c1-29(2)16-9-13(11-5-6-38-10-11)21(31)18-14(16)7-12-8-15-20(30(3)4)23(33)19(26(28)36)25(35)27(15,37)24(34)17(12)22(18)32/h5-6,9-10,12,15,20,31,33-34,37H,7-8H2,1-4H3,(H2,28,36)/t12-,15-,20-,27-/m0/s1. The van der Waals surface area contributed by atoms with Gasteiger partial charge in [-0.25, -0.2) is 0 Å². The molecule has 38 heavy (non-hydrogen) atoms. The van der Waals surface area contributed by atoms with Crippen LogP contribution in [0.25, 0.3) is 11.1 Å². The van der Waals surface area contributed by atoms with Gasteiger partial charge in [-0.1, -0.05) is 0 Å². The number of anilines is 1. The molecule has 1 heterocycles. The Labute approximate surface area is 218 Å². The lowest BCUT2D eigenvalue weighted by molar-refractivity contribution is -0.148. The first kappa shape index (κ1) is 25.6. The Bertz CT molecular complexity index is 1450. The lowest BCUT2D eigenvalue weighted by Crippen LogP contribution is -2.63. The van der Waals surface area contributed by atoms with Crippen LogP contribution in [-0.4, -0.2) is 82.6 Å². The molecule has 6 N–H and O–H groups in total. The molecule has 2 aromatic rings. The summed E-state index contributed by atoms with van der Waals surface area (Å²) in [6.07, 6.45) is 3.10. The molecule has 0 unspecified atom stereocenters. The maximum atomic E-state index is 14.0. The van der Waals surface area contributed by atoms with Crippen LogP contribution in [-0.2, 0) is 16.0 Å². The number of aliphatic hydroxyl groups excluding tert-OH is 2. The summed E-state index contributed by atoms with van der Waals surface area (Å²) >= 11 is 0. The number of aromatic hydroxyl groups is 1. The summed E-state index contributed by atoms with van der Waals surface area (Å²) in [6.45, 7) is 0. The number of benzene rings is 1. The Morgan fingerprint density at radius 3 is 2.39 bits per heavy atom. The zero-order valence-electron chi connectivity index (χ0n) is 21.3.